The van der Waals surface area contributed by atoms with Crippen LogP contribution in [0.1, 0.15) is 61.7 Å². The maximum absolute atomic E-state index is 12.4. The zero-order valence-corrected chi connectivity index (χ0v) is 15.3. The Morgan fingerprint density at radius 2 is 2.08 bits per heavy atom. The lowest BCUT2D eigenvalue weighted by atomic mass is 9.85. The molecule has 0 aliphatic heterocycles. The third-order valence-electron chi connectivity index (χ3n) is 4.76. The van der Waals surface area contributed by atoms with E-state index in [0.29, 0.717) is 16.8 Å². The van der Waals surface area contributed by atoms with E-state index in [-0.39, 0.29) is 5.56 Å². The number of hydrogen-bond acceptors (Lipinski definition) is 4. The summed E-state index contributed by atoms with van der Waals surface area (Å²) >= 11 is 1.55. The number of aryl methyl sites for hydroxylation is 1. The van der Waals surface area contributed by atoms with Crippen LogP contribution in [0.5, 0.6) is 0 Å². The Morgan fingerprint density at radius 3 is 2.75 bits per heavy atom. The number of rotatable bonds is 6. The molecule has 1 aliphatic rings. The molecule has 2 aromatic rings. The van der Waals surface area contributed by atoms with Gasteiger partial charge in [-0.1, -0.05) is 50.8 Å². The smallest absolute Gasteiger partial charge is 0.254 e. The molecule has 0 atom stereocenters. The first-order valence-electron chi connectivity index (χ1n) is 8.91. The highest BCUT2D eigenvalue weighted by Gasteiger charge is 2.18. The monoisotopic (exact) mass is 346 g/mol. The largest absolute Gasteiger partial charge is 0.301 e. The molecule has 2 heterocycles. The highest BCUT2D eigenvalue weighted by atomic mass is 32.2. The van der Waals surface area contributed by atoms with Gasteiger partial charge < -0.3 is 4.98 Å². The number of H-pyrrole nitrogens is 2. The Kier molecular flexibility index (Phi) is 5.76. The van der Waals surface area contributed by atoms with Crippen molar-refractivity contribution >= 4 is 11.8 Å². The van der Waals surface area contributed by atoms with Crippen LogP contribution in [0.2, 0.25) is 0 Å². The lowest BCUT2D eigenvalue weighted by Gasteiger charge is -2.22. The summed E-state index contributed by atoms with van der Waals surface area (Å²) in [7, 11) is 0. The van der Waals surface area contributed by atoms with Crippen LogP contribution >= 0.6 is 11.8 Å². The number of aromatic amines is 2. The Hall–Kier alpha value is -1.56. The van der Waals surface area contributed by atoms with E-state index in [1.165, 1.54) is 32.1 Å². The molecule has 130 valence electrons. The van der Waals surface area contributed by atoms with Crippen molar-refractivity contribution in [3.05, 3.63) is 39.1 Å². The van der Waals surface area contributed by atoms with Crippen LogP contribution in [-0.2, 0) is 18.6 Å². The van der Waals surface area contributed by atoms with Gasteiger partial charge in [-0.25, -0.2) is 4.98 Å². The summed E-state index contributed by atoms with van der Waals surface area (Å²) in [6.45, 7) is 4.02. The Labute approximate surface area is 147 Å². The summed E-state index contributed by atoms with van der Waals surface area (Å²) < 4.78 is 0. The fourth-order valence-electron chi connectivity index (χ4n) is 3.48. The van der Waals surface area contributed by atoms with Gasteiger partial charge in [0.25, 0.3) is 5.56 Å². The Morgan fingerprint density at radius 1 is 1.29 bits per heavy atom. The van der Waals surface area contributed by atoms with Crippen molar-refractivity contribution < 1.29 is 0 Å². The van der Waals surface area contributed by atoms with Gasteiger partial charge in [0.05, 0.1) is 11.4 Å². The summed E-state index contributed by atoms with van der Waals surface area (Å²) in [6, 6.07) is 2.02. The molecule has 0 aromatic carbocycles. The highest BCUT2D eigenvalue weighted by Crippen LogP contribution is 2.27. The molecule has 1 saturated carbocycles. The van der Waals surface area contributed by atoms with Crippen molar-refractivity contribution in [1.82, 2.24) is 20.2 Å². The molecular weight excluding hydrogens is 320 g/mol. The predicted octanol–water partition coefficient (Wildman–Crippen LogP) is 3.78. The summed E-state index contributed by atoms with van der Waals surface area (Å²) in [4.78, 5) is 20.1. The average Bonchev–Trinajstić information content (AvgIpc) is 2.99. The van der Waals surface area contributed by atoms with Crippen LogP contribution in [0, 0.1) is 12.8 Å². The van der Waals surface area contributed by atoms with Crippen LogP contribution in [0.25, 0.3) is 0 Å². The van der Waals surface area contributed by atoms with E-state index < -0.39 is 0 Å². The van der Waals surface area contributed by atoms with E-state index in [1.807, 2.05) is 19.9 Å². The first-order chi connectivity index (χ1) is 11.7. The van der Waals surface area contributed by atoms with Crippen molar-refractivity contribution in [2.45, 2.75) is 69.7 Å². The molecule has 0 unspecified atom stereocenters. The Balaban J connectivity index is 1.75. The lowest BCUT2D eigenvalue weighted by molar-refractivity contribution is 0.352. The van der Waals surface area contributed by atoms with Crippen molar-refractivity contribution in [2.75, 3.05) is 0 Å². The quantitative estimate of drug-likeness (QED) is 0.616. The molecule has 0 saturated heterocycles. The second-order valence-electron chi connectivity index (χ2n) is 6.69. The lowest BCUT2D eigenvalue weighted by Crippen LogP contribution is -2.21. The maximum atomic E-state index is 12.4. The molecule has 1 fully saturated rings. The number of nitrogens with one attached hydrogen (secondary N) is 2. The SMILES string of the molecule is CCc1c(CC2CCCCC2)nc(SCc2cc(C)[nH]n2)[nH]c1=O. The van der Waals surface area contributed by atoms with Gasteiger partial charge in [0.1, 0.15) is 0 Å². The molecule has 2 N–H and O–H groups in total. The maximum Gasteiger partial charge on any atom is 0.254 e. The third kappa shape index (κ3) is 4.29. The fraction of sp³-hybridized carbons (Fsp3) is 0.611. The molecule has 24 heavy (non-hydrogen) atoms. The van der Waals surface area contributed by atoms with E-state index in [1.54, 1.807) is 11.8 Å². The van der Waals surface area contributed by atoms with Gasteiger partial charge in [0.15, 0.2) is 5.16 Å². The van der Waals surface area contributed by atoms with Gasteiger partial charge in [0.2, 0.25) is 0 Å². The van der Waals surface area contributed by atoms with E-state index in [4.69, 9.17) is 4.98 Å². The minimum atomic E-state index is 0.0269. The van der Waals surface area contributed by atoms with Gasteiger partial charge in [-0.3, -0.25) is 9.89 Å². The normalized spacial score (nSPS) is 15.8. The highest BCUT2D eigenvalue weighted by molar-refractivity contribution is 7.98. The van der Waals surface area contributed by atoms with Crippen LogP contribution in [0.15, 0.2) is 16.0 Å². The number of nitrogens with zero attached hydrogens (tertiary/aromatic N) is 2. The van der Waals surface area contributed by atoms with Crippen molar-refractivity contribution in [2.24, 2.45) is 5.92 Å². The number of aromatic nitrogens is 4. The standard InChI is InChI=1S/C18H26N4OS/c1-3-15-16(10-13-7-5-4-6-8-13)19-18(20-17(15)23)24-11-14-9-12(2)21-22-14/h9,13H,3-8,10-11H2,1-2H3,(H,21,22)(H,19,20,23). The van der Waals surface area contributed by atoms with Crippen LogP contribution < -0.4 is 5.56 Å². The first kappa shape index (κ1) is 17.3. The van der Waals surface area contributed by atoms with Crippen LogP contribution in [0.3, 0.4) is 0 Å². The second-order valence-corrected chi connectivity index (χ2v) is 7.65. The molecule has 2 aromatic heterocycles. The number of hydrogen-bond donors (Lipinski definition) is 2. The molecular formula is C18H26N4OS. The molecule has 0 spiro atoms. The minimum absolute atomic E-state index is 0.0269. The first-order valence-corrected chi connectivity index (χ1v) is 9.90. The molecule has 1 aliphatic carbocycles. The summed E-state index contributed by atoms with van der Waals surface area (Å²) in [5, 5.41) is 7.89. The molecule has 6 heteroatoms. The molecule has 0 bridgehead atoms. The molecule has 3 rings (SSSR count). The summed E-state index contributed by atoms with van der Waals surface area (Å²) in [5.41, 5.74) is 3.92. The predicted molar refractivity (Wildman–Crippen MR) is 97.4 cm³/mol. The van der Waals surface area contributed by atoms with E-state index in [0.717, 1.165) is 35.5 Å². The van der Waals surface area contributed by atoms with Gasteiger partial charge in [0, 0.05) is 17.0 Å². The molecule has 0 radical (unpaired) electrons. The van der Waals surface area contributed by atoms with Gasteiger partial charge in [-0.2, -0.15) is 5.10 Å². The van der Waals surface area contributed by atoms with E-state index >= 15 is 0 Å². The van der Waals surface area contributed by atoms with Crippen molar-refractivity contribution in [3.63, 3.8) is 0 Å². The van der Waals surface area contributed by atoms with E-state index in [9.17, 15) is 4.79 Å². The van der Waals surface area contributed by atoms with Crippen LogP contribution in [-0.4, -0.2) is 20.2 Å². The molecule has 5 nitrogen and oxygen atoms in total. The minimum Gasteiger partial charge on any atom is -0.301 e. The fourth-order valence-corrected chi connectivity index (χ4v) is 4.25. The van der Waals surface area contributed by atoms with Gasteiger partial charge in [-0.05, 0) is 31.7 Å². The zero-order chi connectivity index (χ0) is 16.9. The van der Waals surface area contributed by atoms with Gasteiger partial charge >= 0.3 is 0 Å². The second kappa shape index (κ2) is 8.01. The van der Waals surface area contributed by atoms with Gasteiger partial charge in [-0.15, -0.1) is 0 Å². The van der Waals surface area contributed by atoms with Crippen molar-refractivity contribution in [3.8, 4) is 0 Å². The van der Waals surface area contributed by atoms with Crippen molar-refractivity contribution in [1.29, 1.82) is 0 Å². The average molecular weight is 346 g/mol. The zero-order valence-electron chi connectivity index (χ0n) is 14.5. The topological polar surface area (TPSA) is 74.4 Å². The Bertz CT molecular complexity index is 731. The summed E-state index contributed by atoms with van der Waals surface area (Å²) in [5.74, 6) is 1.40. The third-order valence-corrected chi connectivity index (χ3v) is 5.66. The summed E-state index contributed by atoms with van der Waals surface area (Å²) in [6.07, 6.45) is 8.21. The molecule has 0 amide bonds. The van der Waals surface area contributed by atoms with Crippen LogP contribution in [0.4, 0.5) is 0 Å². The van der Waals surface area contributed by atoms with E-state index in [2.05, 4.69) is 15.2 Å². The number of thioether (sulfide) groups is 1.